The number of hydrogen-bond acceptors (Lipinski definition) is 4. The lowest BCUT2D eigenvalue weighted by atomic mass is 10.2. The molecule has 4 nitrogen and oxygen atoms in total. The molecule has 2 aliphatic rings. The van der Waals surface area contributed by atoms with E-state index in [1.807, 2.05) is 30.0 Å². The van der Waals surface area contributed by atoms with Gasteiger partial charge < -0.3 is 4.98 Å². The van der Waals surface area contributed by atoms with Crippen molar-refractivity contribution in [2.24, 2.45) is 0 Å². The van der Waals surface area contributed by atoms with Crippen LogP contribution >= 0.6 is 35.0 Å². The summed E-state index contributed by atoms with van der Waals surface area (Å²) in [5.74, 6) is 0.956. The van der Waals surface area contributed by atoms with E-state index in [2.05, 4.69) is 52.4 Å². The van der Waals surface area contributed by atoms with Gasteiger partial charge in [0.05, 0.1) is 38.7 Å². The summed E-state index contributed by atoms with van der Waals surface area (Å²) in [4.78, 5) is 9.45. The topological polar surface area (TPSA) is 35.2 Å². The average molecular weight is 430 g/mol. The highest BCUT2D eigenvalue weighted by molar-refractivity contribution is 8.09. The van der Waals surface area contributed by atoms with E-state index >= 15 is 0 Å². The molecule has 2 aromatic carbocycles. The number of imidazole rings is 1. The number of halogens is 2. The SMILES string of the molecule is CC1SC(c2ccccc2)=[C]N1N1CCCC1c1nc2cc(Cl)c(Cl)cc2[nH]1. The van der Waals surface area contributed by atoms with Gasteiger partial charge in [0.2, 0.25) is 0 Å². The minimum Gasteiger partial charge on any atom is -0.341 e. The lowest BCUT2D eigenvalue weighted by Crippen LogP contribution is -2.41. The molecule has 2 unspecified atom stereocenters. The first kappa shape index (κ1) is 18.4. The van der Waals surface area contributed by atoms with Gasteiger partial charge in [-0.1, -0.05) is 65.3 Å². The highest BCUT2D eigenvalue weighted by atomic mass is 35.5. The summed E-state index contributed by atoms with van der Waals surface area (Å²) in [5.41, 5.74) is 2.99. The third kappa shape index (κ3) is 3.20. The molecule has 1 radical (unpaired) electrons. The lowest BCUT2D eigenvalue weighted by molar-refractivity contribution is -0.00548. The molecule has 1 saturated heterocycles. The summed E-state index contributed by atoms with van der Waals surface area (Å²) in [7, 11) is 0. The largest absolute Gasteiger partial charge is 0.341 e. The first-order valence-electron chi connectivity index (χ1n) is 9.36. The number of fused-ring (bicyclic) bond motifs is 1. The number of aromatic nitrogens is 2. The molecule has 1 N–H and O–H groups in total. The zero-order valence-electron chi connectivity index (χ0n) is 15.3. The molecule has 0 bridgehead atoms. The molecule has 0 saturated carbocycles. The first-order chi connectivity index (χ1) is 13.6. The predicted octanol–water partition coefficient (Wildman–Crippen LogP) is 6.12. The third-order valence-corrected chi connectivity index (χ3v) is 7.07. The molecule has 5 rings (SSSR count). The van der Waals surface area contributed by atoms with Crippen LogP contribution in [0.5, 0.6) is 0 Å². The first-order valence-corrected chi connectivity index (χ1v) is 11.0. The minimum atomic E-state index is 0.190. The number of rotatable bonds is 3. The Hall–Kier alpha value is -1.66. The van der Waals surface area contributed by atoms with Gasteiger partial charge in [-0.3, -0.25) is 5.01 Å². The van der Waals surface area contributed by atoms with Crippen molar-refractivity contribution in [2.75, 3.05) is 6.54 Å². The molecule has 2 atom stereocenters. The quantitative estimate of drug-likeness (QED) is 0.543. The van der Waals surface area contributed by atoms with Crippen LogP contribution in [0.2, 0.25) is 10.0 Å². The van der Waals surface area contributed by atoms with E-state index in [9.17, 15) is 0 Å². The van der Waals surface area contributed by atoms with Crippen LogP contribution in [0.15, 0.2) is 42.5 Å². The van der Waals surface area contributed by atoms with Crippen molar-refractivity contribution >= 4 is 50.9 Å². The smallest absolute Gasteiger partial charge is 0.126 e. The summed E-state index contributed by atoms with van der Waals surface area (Å²) in [6.07, 6.45) is 5.78. The van der Waals surface area contributed by atoms with Crippen LogP contribution in [0.1, 0.15) is 37.2 Å². The van der Waals surface area contributed by atoms with Gasteiger partial charge >= 0.3 is 0 Å². The monoisotopic (exact) mass is 429 g/mol. The number of thioether (sulfide) groups is 1. The zero-order valence-corrected chi connectivity index (χ0v) is 17.7. The van der Waals surface area contributed by atoms with Gasteiger partial charge in [0.25, 0.3) is 0 Å². The maximum Gasteiger partial charge on any atom is 0.126 e. The summed E-state index contributed by atoms with van der Waals surface area (Å²) in [6, 6.07) is 14.3. The Labute approximate surface area is 178 Å². The van der Waals surface area contributed by atoms with E-state index in [-0.39, 0.29) is 6.04 Å². The van der Waals surface area contributed by atoms with Gasteiger partial charge in [0.15, 0.2) is 0 Å². The number of hydrogen-bond donors (Lipinski definition) is 1. The number of nitrogens with zero attached hydrogens (tertiary/aromatic N) is 3. The van der Waals surface area contributed by atoms with Gasteiger partial charge in [-0.25, -0.2) is 9.99 Å². The van der Waals surface area contributed by atoms with Crippen LogP contribution in [0, 0.1) is 6.20 Å². The number of benzene rings is 2. The second-order valence-electron chi connectivity index (χ2n) is 7.10. The Balaban J connectivity index is 1.46. The molecule has 0 spiro atoms. The van der Waals surface area contributed by atoms with Gasteiger partial charge in [0.1, 0.15) is 5.82 Å². The van der Waals surface area contributed by atoms with Crippen molar-refractivity contribution in [2.45, 2.75) is 31.2 Å². The van der Waals surface area contributed by atoms with E-state index in [0.717, 1.165) is 36.2 Å². The van der Waals surface area contributed by atoms with Crippen molar-refractivity contribution in [3.8, 4) is 0 Å². The Kier molecular flexibility index (Phi) is 4.79. The fourth-order valence-electron chi connectivity index (χ4n) is 3.91. The van der Waals surface area contributed by atoms with Crippen LogP contribution in [-0.4, -0.2) is 31.9 Å². The van der Waals surface area contributed by atoms with Crippen molar-refractivity contribution in [1.82, 2.24) is 20.0 Å². The Morgan fingerprint density at radius 2 is 1.96 bits per heavy atom. The van der Waals surface area contributed by atoms with Gasteiger partial charge in [-0.2, -0.15) is 0 Å². The molecular formula is C21H19Cl2N4S. The summed E-state index contributed by atoms with van der Waals surface area (Å²) in [6.45, 7) is 3.21. The molecular weight excluding hydrogens is 411 g/mol. The molecule has 3 aromatic rings. The number of H-pyrrole nitrogens is 1. The molecule has 7 heteroatoms. The molecule has 0 amide bonds. The second-order valence-corrected chi connectivity index (χ2v) is 9.24. The second kappa shape index (κ2) is 7.30. The van der Waals surface area contributed by atoms with Crippen molar-refractivity contribution in [3.63, 3.8) is 0 Å². The maximum absolute atomic E-state index is 6.17. The molecule has 1 aromatic heterocycles. The van der Waals surface area contributed by atoms with E-state index in [4.69, 9.17) is 28.2 Å². The van der Waals surface area contributed by atoms with Gasteiger partial charge in [-0.05, 0) is 37.5 Å². The van der Waals surface area contributed by atoms with Crippen LogP contribution < -0.4 is 0 Å². The number of nitrogens with one attached hydrogen (secondary N) is 1. The summed E-state index contributed by atoms with van der Waals surface area (Å²) in [5, 5.41) is 6.00. The minimum absolute atomic E-state index is 0.190. The molecule has 3 heterocycles. The van der Waals surface area contributed by atoms with Crippen molar-refractivity contribution in [1.29, 1.82) is 0 Å². The Morgan fingerprint density at radius 1 is 1.18 bits per heavy atom. The van der Waals surface area contributed by atoms with Crippen LogP contribution in [-0.2, 0) is 0 Å². The molecule has 28 heavy (non-hydrogen) atoms. The zero-order chi connectivity index (χ0) is 19.3. The van der Waals surface area contributed by atoms with E-state index in [1.165, 1.54) is 10.5 Å². The average Bonchev–Trinajstić information content (AvgIpc) is 3.40. The molecule has 1 fully saturated rings. The molecule has 2 aliphatic heterocycles. The van der Waals surface area contributed by atoms with Crippen LogP contribution in [0.3, 0.4) is 0 Å². The van der Waals surface area contributed by atoms with E-state index < -0.39 is 0 Å². The van der Waals surface area contributed by atoms with E-state index in [1.54, 1.807) is 0 Å². The number of hydrazine groups is 1. The van der Waals surface area contributed by atoms with Crippen molar-refractivity contribution < 1.29 is 0 Å². The Morgan fingerprint density at radius 3 is 2.79 bits per heavy atom. The maximum atomic E-state index is 6.17. The van der Waals surface area contributed by atoms with Crippen molar-refractivity contribution in [3.05, 3.63) is 70.1 Å². The summed E-state index contributed by atoms with van der Waals surface area (Å²) < 4.78 is 0. The van der Waals surface area contributed by atoms with Crippen LogP contribution in [0.25, 0.3) is 15.9 Å². The lowest BCUT2D eigenvalue weighted by Gasteiger charge is -2.34. The highest BCUT2D eigenvalue weighted by Gasteiger charge is 2.37. The standard InChI is InChI=1S/C21H19Cl2N4S/c1-13-27(12-20(28-13)14-6-3-2-4-7-14)26-9-5-8-19(26)21-24-17-10-15(22)16(23)11-18(17)25-21/h2-4,6-7,10-11,13,19H,5,8-9H2,1H3,(H,24,25). The fraction of sp³-hybridized carbons (Fsp3) is 0.286. The predicted molar refractivity (Wildman–Crippen MR) is 117 cm³/mol. The van der Waals surface area contributed by atoms with Gasteiger partial charge in [-0.15, -0.1) is 0 Å². The fourth-order valence-corrected chi connectivity index (χ4v) is 5.26. The Bertz CT molecular complexity index is 1010. The van der Waals surface area contributed by atoms with E-state index in [0.29, 0.717) is 15.4 Å². The molecule has 0 aliphatic carbocycles. The third-order valence-electron chi connectivity index (χ3n) is 5.24. The number of aromatic amines is 1. The van der Waals surface area contributed by atoms with Gasteiger partial charge in [0, 0.05) is 11.4 Å². The molecule has 143 valence electrons. The summed E-state index contributed by atoms with van der Waals surface area (Å²) >= 11 is 14.2. The highest BCUT2D eigenvalue weighted by Crippen LogP contribution is 2.43. The normalized spacial score (nSPS) is 23.0. The van der Waals surface area contributed by atoms with Crippen LogP contribution in [0.4, 0.5) is 0 Å².